The van der Waals surface area contributed by atoms with E-state index in [9.17, 15) is 0 Å². The summed E-state index contributed by atoms with van der Waals surface area (Å²) in [5.41, 5.74) is 0. The first-order chi connectivity index (χ1) is 4.30. The molecule has 1 aliphatic rings. The van der Waals surface area contributed by atoms with Gasteiger partial charge in [0.25, 0.3) is 0 Å². The Balaban J connectivity index is 2.72. The van der Waals surface area contributed by atoms with Crippen LogP contribution in [0.4, 0.5) is 0 Å². The van der Waals surface area contributed by atoms with Crippen LogP contribution >= 0.6 is 49.8 Å². The van der Waals surface area contributed by atoms with Crippen LogP contribution < -0.4 is 0 Å². The first-order valence-electron chi connectivity index (χ1n) is 2.24. The van der Waals surface area contributed by atoms with Crippen LogP contribution in [0, 0.1) is 0 Å². The molecule has 0 saturated carbocycles. The van der Waals surface area contributed by atoms with Crippen molar-refractivity contribution in [3.05, 3.63) is 21.5 Å². The monoisotopic (exact) mass is 292 g/mol. The van der Waals surface area contributed by atoms with Gasteiger partial charge < -0.3 is 0 Å². The van der Waals surface area contributed by atoms with Crippen molar-refractivity contribution in [2.45, 2.75) is 0 Å². The Morgan fingerprint density at radius 1 is 1.44 bits per heavy atom. The number of hydrogen-bond donors (Lipinski definition) is 0. The Labute approximate surface area is 75.0 Å². The maximum absolute atomic E-state index is 5.67. The van der Waals surface area contributed by atoms with Crippen LogP contribution in [0.1, 0.15) is 0 Å². The lowest BCUT2D eigenvalue weighted by Gasteiger charge is -2.00. The fourth-order valence-electron chi connectivity index (χ4n) is 0.407. The molecule has 4 heteroatoms. The van der Waals surface area contributed by atoms with Crippen molar-refractivity contribution in [1.82, 2.24) is 0 Å². The second-order valence-electron chi connectivity index (χ2n) is 1.38. The van der Waals surface area contributed by atoms with Crippen molar-refractivity contribution in [3.8, 4) is 0 Å². The zero-order valence-corrected chi connectivity index (χ0v) is 8.95. The van der Waals surface area contributed by atoms with Crippen LogP contribution in [-0.4, -0.2) is 4.01 Å². The third-order valence-corrected chi connectivity index (χ3v) is 4.98. The average molecular weight is 293 g/mol. The molecular formula is C5H4Cl2IP. The van der Waals surface area contributed by atoms with Crippen LogP contribution in [-0.2, 0) is 0 Å². The van der Waals surface area contributed by atoms with Crippen molar-refractivity contribution in [3.63, 3.8) is 0 Å². The lowest BCUT2D eigenvalue weighted by molar-refractivity contribution is 2.00. The predicted octanol–water partition coefficient (Wildman–Crippen LogP) is 3.96. The maximum Gasteiger partial charge on any atom is 0.117 e. The summed E-state index contributed by atoms with van der Waals surface area (Å²) in [6.45, 7) is -0.892. The topological polar surface area (TPSA) is 0 Å². The van der Waals surface area contributed by atoms with Gasteiger partial charge in [-0.25, -0.2) is 0 Å². The first-order valence-corrected chi connectivity index (χ1v) is 7.89. The zero-order chi connectivity index (χ0) is 6.69. The summed E-state index contributed by atoms with van der Waals surface area (Å²) >= 11 is 11.5. The van der Waals surface area contributed by atoms with Crippen LogP contribution in [0.15, 0.2) is 21.5 Å². The lowest BCUT2D eigenvalue weighted by Crippen LogP contribution is -1.68. The highest BCUT2D eigenvalue weighted by atomic mass is 127. The van der Waals surface area contributed by atoms with Gasteiger partial charge in [0, 0.05) is 5.31 Å². The van der Waals surface area contributed by atoms with Gasteiger partial charge in [-0.05, 0) is 8.09 Å². The Morgan fingerprint density at radius 2 is 2.22 bits per heavy atom. The molecular weight excluding hydrogens is 289 g/mol. The van der Waals surface area contributed by atoms with Gasteiger partial charge in [-0.3, -0.25) is 0 Å². The van der Waals surface area contributed by atoms with Crippen molar-refractivity contribution < 1.29 is 0 Å². The molecule has 0 unspecified atom stereocenters. The van der Waals surface area contributed by atoms with E-state index in [2.05, 4.69) is 8.09 Å². The molecule has 0 radical (unpaired) electrons. The van der Waals surface area contributed by atoms with Crippen LogP contribution in [0.25, 0.3) is 0 Å². The van der Waals surface area contributed by atoms with E-state index in [0.717, 1.165) is 5.31 Å². The number of hydrogen-bond acceptors (Lipinski definition) is 0. The minimum absolute atomic E-state index is 0.114. The van der Waals surface area contributed by atoms with Crippen molar-refractivity contribution >= 4 is 53.9 Å². The minimum Gasteiger partial charge on any atom is -0.0930 e. The van der Waals surface area contributed by atoms with Gasteiger partial charge in [-0.1, -0.05) is 55.4 Å². The summed E-state index contributed by atoms with van der Waals surface area (Å²) in [6.07, 6.45) is 4.01. The van der Waals surface area contributed by atoms with Crippen LogP contribution in [0.3, 0.4) is 0 Å². The van der Waals surface area contributed by atoms with E-state index in [1.165, 1.54) is 0 Å². The molecule has 50 valence electrons. The Kier molecular flexibility index (Phi) is 3.70. The smallest absolute Gasteiger partial charge is 0.0930 e. The van der Waals surface area contributed by atoms with E-state index < -0.39 is 6.63 Å². The molecule has 0 amide bonds. The molecule has 0 aromatic carbocycles. The Morgan fingerprint density at radius 3 is 2.56 bits per heavy atom. The molecule has 0 aliphatic carbocycles. The molecule has 9 heavy (non-hydrogen) atoms. The molecule has 1 rings (SSSR count). The summed E-state index contributed by atoms with van der Waals surface area (Å²) in [5.74, 6) is 0. The molecule has 0 saturated heterocycles. The molecule has 0 aromatic heterocycles. The third kappa shape index (κ3) is 2.67. The zero-order valence-electron chi connectivity index (χ0n) is 4.39. The molecule has 0 spiro atoms. The quantitative estimate of drug-likeness (QED) is 0.507. The fourth-order valence-corrected chi connectivity index (χ4v) is 4.74. The molecule has 0 atom stereocenters. The summed E-state index contributed by atoms with van der Waals surface area (Å²) < 4.78 is 4.33. The summed E-state index contributed by atoms with van der Waals surface area (Å²) in [4.78, 5) is 0. The van der Waals surface area contributed by atoms with E-state index in [4.69, 9.17) is 22.5 Å². The van der Waals surface area contributed by atoms with E-state index >= 15 is 0 Å². The van der Waals surface area contributed by atoms with Crippen molar-refractivity contribution in [1.29, 1.82) is 0 Å². The summed E-state index contributed by atoms with van der Waals surface area (Å²) in [6, 6.07) is 0. The van der Waals surface area contributed by atoms with Gasteiger partial charge in [0.05, 0.1) is 0 Å². The maximum atomic E-state index is 5.67. The lowest BCUT2D eigenvalue weighted by atomic mass is 10.5. The van der Waals surface area contributed by atoms with E-state index in [0.29, 0.717) is 0 Å². The van der Waals surface area contributed by atoms with E-state index in [1.807, 2.05) is 12.2 Å². The average Bonchev–Trinajstić information content (AvgIpc) is 1.90. The first kappa shape index (κ1) is 8.19. The molecule has 0 N–H and O–H groups in total. The van der Waals surface area contributed by atoms with Gasteiger partial charge in [-0.2, -0.15) is 0 Å². The highest BCUT2D eigenvalue weighted by molar-refractivity contribution is 14.2. The van der Waals surface area contributed by atoms with Gasteiger partial charge >= 0.3 is 0 Å². The highest BCUT2D eigenvalue weighted by Gasteiger charge is 2.03. The molecule has 0 nitrogen and oxygen atoms in total. The van der Waals surface area contributed by atoms with Gasteiger partial charge in [0.2, 0.25) is 0 Å². The third-order valence-electron chi connectivity index (χ3n) is 0.782. The second-order valence-corrected chi connectivity index (χ2v) is 6.97. The van der Waals surface area contributed by atoms with E-state index in [-0.39, 0.29) is 20.7 Å². The normalized spacial score (nSPS) is 17.4. The Hall–Kier alpha value is 1.09. The van der Waals surface area contributed by atoms with Crippen molar-refractivity contribution in [2.24, 2.45) is 0 Å². The number of allylic oxidation sites excluding steroid dienone is 3. The summed E-state index contributed by atoms with van der Waals surface area (Å²) in [7, 11) is 0. The van der Waals surface area contributed by atoms with Crippen molar-refractivity contribution in [2.75, 3.05) is 0 Å². The SMILES string of the molecule is ClP(Cl)C1=CI=CC=C1. The van der Waals surface area contributed by atoms with E-state index in [1.54, 1.807) is 0 Å². The molecule has 0 bridgehead atoms. The highest BCUT2D eigenvalue weighted by Crippen LogP contribution is 2.56. The number of halogens is 3. The summed E-state index contributed by atoms with van der Waals surface area (Å²) in [5, 5.41) is 1.11. The fraction of sp³-hybridized carbons (Fsp3) is 0. The molecule has 0 fully saturated rings. The largest absolute Gasteiger partial charge is 0.117 e. The number of rotatable bonds is 1. The standard InChI is InChI=1S/C5H4Cl2IP/c6-9(7)5-2-1-3-8-4-5/h1-4H. The molecule has 1 heterocycles. The van der Waals surface area contributed by atoms with Gasteiger partial charge in [0.15, 0.2) is 0 Å². The minimum atomic E-state index is -0.892. The Bertz CT molecular complexity index is 183. The predicted molar refractivity (Wildman–Crippen MR) is 55.9 cm³/mol. The van der Waals surface area contributed by atoms with Gasteiger partial charge in [-0.15, -0.1) is 0 Å². The van der Waals surface area contributed by atoms with Crippen LogP contribution in [0.2, 0.25) is 0 Å². The molecule has 1 aliphatic heterocycles. The van der Waals surface area contributed by atoms with Gasteiger partial charge in [0.1, 0.15) is 6.63 Å². The second kappa shape index (κ2) is 4.07. The molecule has 0 aromatic rings. The van der Waals surface area contributed by atoms with Crippen LogP contribution in [0.5, 0.6) is 0 Å².